The minimum atomic E-state index is -3.07. The van der Waals surface area contributed by atoms with Crippen LogP contribution in [-0.2, 0) is 9.84 Å². The van der Waals surface area contributed by atoms with Crippen molar-refractivity contribution in [1.82, 2.24) is 0 Å². The minimum Gasteiger partial charge on any atom is -0.323 e. The Labute approximate surface area is 114 Å². The maximum Gasteiger partial charge on any atom is 0.152 e. The van der Waals surface area contributed by atoms with Crippen molar-refractivity contribution in [1.29, 1.82) is 0 Å². The van der Waals surface area contributed by atoms with Crippen LogP contribution in [0.1, 0.15) is 24.9 Å². The van der Waals surface area contributed by atoms with Crippen LogP contribution in [0.5, 0.6) is 0 Å². The van der Waals surface area contributed by atoms with Crippen LogP contribution in [0.4, 0.5) is 0 Å². The first kappa shape index (κ1) is 14.0. The molecule has 0 aliphatic heterocycles. The molecular formula is C15H19NO2S. The fourth-order valence-corrected chi connectivity index (χ4v) is 3.85. The molecule has 0 saturated heterocycles. The summed E-state index contributed by atoms with van der Waals surface area (Å²) < 4.78 is 23.7. The summed E-state index contributed by atoms with van der Waals surface area (Å²) in [7, 11) is -3.07. The van der Waals surface area contributed by atoms with E-state index in [4.69, 9.17) is 5.73 Å². The Hall–Kier alpha value is -1.39. The molecule has 2 N–H and O–H groups in total. The van der Waals surface area contributed by atoms with E-state index >= 15 is 0 Å². The third-order valence-electron chi connectivity index (χ3n) is 3.17. The summed E-state index contributed by atoms with van der Waals surface area (Å²) in [6, 6.07) is 13.3. The van der Waals surface area contributed by atoms with E-state index in [9.17, 15) is 8.42 Å². The van der Waals surface area contributed by atoms with E-state index in [0.717, 1.165) is 16.3 Å². The number of hydrogen-bond donors (Lipinski definition) is 1. The minimum absolute atomic E-state index is 0.00878. The summed E-state index contributed by atoms with van der Waals surface area (Å²) in [5, 5.41) is 2.12. The number of hydrogen-bond acceptors (Lipinski definition) is 3. The molecule has 2 aromatic rings. The first-order valence-electron chi connectivity index (χ1n) is 6.47. The summed E-state index contributed by atoms with van der Waals surface area (Å²) in [5.74, 6) is 0.209. The largest absolute Gasteiger partial charge is 0.323 e. The summed E-state index contributed by atoms with van der Waals surface area (Å²) in [5.41, 5.74) is 7.00. The topological polar surface area (TPSA) is 60.2 Å². The average molecular weight is 277 g/mol. The first-order valence-corrected chi connectivity index (χ1v) is 8.29. The van der Waals surface area contributed by atoms with E-state index in [2.05, 4.69) is 0 Å². The average Bonchev–Trinajstić information content (AvgIpc) is 2.37. The van der Waals surface area contributed by atoms with Crippen LogP contribution in [0.2, 0.25) is 0 Å². The van der Waals surface area contributed by atoms with Gasteiger partial charge in [0.05, 0.1) is 5.75 Å². The van der Waals surface area contributed by atoms with Crippen LogP contribution in [0.3, 0.4) is 0 Å². The summed E-state index contributed by atoms with van der Waals surface area (Å²) in [4.78, 5) is 0. The molecule has 0 saturated carbocycles. The summed E-state index contributed by atoms with van der Waals surface area (Å²) in [6.07, 6.45) is 0.630. The number of sulfone groups is 1. The van der Waals surface area contributed by atoms with Gasteiger partial charge in [-0.1, -0.05) is 49.4 Å². The Morgan fingerprint density at radius 1 is 1.11 bits per heavy atom. The SMILES string of the molecule is CCCS(=O)(=O)CC(N)c1cccc2ccccc12. The molecule has 0 amide bonds. The molecule has 0 heterocycles. The second-order valence-electron chi connectivity index (χ2n) is 4.79. The van der Waals surface area contributed by atoms with Gasteiger partial charge in [0.25, 0.3) is 0 Å². The Kier molecular flexibility index (Phi) is 4.22. The zero-order valence-corrected chi connectivity index (χ0v) is 11.9. The molecule has 0 aromatic heterocycles. The van der Waals surface area contributed by atoms with E-state index in [-0.39, 0.29) is 11.5 Å². The van der Waals surface area contributed by atoms with Crippen molar-refractivity contribution in [3.63, 3.8) is 0 Å². The Morgan fingerprint density at radius 2 is 1.79 bits per heavy atom. The van der Waals surface area contributed by atoms with Crippen LogP contribution in [-0.4, -0.2) is 19.9 Å². The van der Waals surface area contributed by atoms with Gasteiger partial charge in [-0.3, -0.25) is 0 Å². The van der Waals surface area contributed by atoms with Crippen LogP contribution >= 0.6 is 0 Å². The molecule has 0 fully saturated rings. The predicted octanol–water partition coefficient (Wildman–Crippen LogP) is 2.66. The molecule has 0 bridgehead atoms. The van der Waals surface area contributed by atoms with Gasteiger partial charge in [-0.15, -0.1) is 0 Å². The van der Waals surface area contributed by atoms with Crippen LogP contribution in [0.15, 0.2) is 42.5 Å². The molecule has 1 unspecified atom stereocenters. The number of rotatable bonds is 5. The maximum absolute atomic E-state index is 11.9. The third-order valence-corrected chi connectivity index (χ3v) is 5.07. The molecule has 19 heavy (non-hydrogen) atoms. The third kappa shape index (κ3) is 3.33. The van der Waals surface area contributed by atoms with E-state index in [1.807, 2.05) is 49.4 Å². The normalized spacial score (nSPS) is 13.6. The Balaban J connectivity index is 2.34. The van der Waals surface area contributed by atoms with E-state index < -0.39 is 15.9 Å². The Morgan fingerprint density at radius 3 is 2.53 bits per heavy atom. The fraction of sp³-hybridized carbons (Fsp3) is 0.333. The van der Waals surface area contributed by atoms with E-state index in [1.165, 1.54) is 0 Å². The lowest BCUT2D eigenvalue weighted by molar-refractivity contribution is 0.588. The van der Waals surface area contributed by atoms with Gasteiger partial charge in [0.15, 0.2) is 9.84 Å². The molecule has 0 spiro atoms. The fourth-order valence-electron chi connectivity index (χ4n) is 2.33. The van der Waals surface area contributed by atoms with Crippen LogP contribution in [0.25, 0.3) is 10.8 Å². The quantitative estimate of drug-likeness (QED) is 0.914. The van der Waals surface area contributed by atoms with Gasteiger partial charge in [-0.25, -0.2) is 8.42 Å². The number of nitrogens with two attached hydrogens (primary N) is 1. The van der Waals surface area contributed by atoms with Crippen molar-refractivity contribution in [2.45, 2.75) is 19.4 Å². The van der Waals surface area contributed by atoms with Gasteiger partial charge >= 0.3 is 0 Å². The van der Waals surface area contributed by atoms with Gasteiger partial charge in [-0.05, 0) is 22.8 Å². The second-order valence-corrected chi connectivity index (χ2v) is 7.02. The molecule has 4 heteroatoms. The van der Waals surface area contributed by atoms with Crippen molar-refractivity contribution in [2.24, 2.45) is 5.73 Å². The molecule has 0 aliphatic carbocycles. The van der Waals surface area contributed by atoms with Gasteiger partial charge < -0.3 is 5.73 Å². The highest BCUT2D eigenvalue weighted by molar-refractivity contribution is 7.91. The van der Waals surface area contributed by atoms with Crippen molar-refractivity contribution in [3.05, 3.63) is 48.0 Å². The van der Waals surface area contributed by atoms with E-state index in [1.54, 1.807) is 0 Å². The zero-order chi connectivity index (χ0) is 13.9. The monoisotopic (exact) mass is 277 g/mol. The van der Waals surface area contributed by atoms with Crippen LogP contribution in [0, 0.1) is 0 Å². The molecule has 102 valence electrons. The highest BCUT2D eigenvalue weighted by Gasteiger charge is 2.18. The lowest BCUT2D eigenvalue weighted by Crippen LogP contribution is -2.23. The second kappa shape index (κ2) is 5.72. The standard InChI is InChI=1S/C15H19NO2S/c1-2-10-19(17,18)11-15(16)14-9-5-7-12-6-3-4-8-13(12)14/h3-9,15H,2,10-11,16H2,1H3. The Bertz CT molecular complexity index is 659. The van der Waals surface area contributed by atoms with Crippen molar-refractivity contribution >= 4 is 20.6 Å². The zero-order valence-electron chi connectivity index (χ0n) is 11.0. The predicted molar refractivity (Wildman–Crippen MR) is 79.8 cm³/mol. The van der Waals surface area contributed by atoms with Gasteiger partial charge in [0, 0.05) is 11.8 Å². The summed E-state index contributed by atoms with van der Waals surface area (Å²) >= 11 is 0. The smallest absolute Gasteiger partial charge is 0.152 e. The van der Waals surface area contributed by atoms with Crippen LogP contribution < -0.4 is 5.73 Å². The molecular weight excluding hydrogens is 258 g/mol. The highest BCUT2D eigenvalue weighted by atomic mass is 32.2. The van der Waals surface area contributed by atoms with E-state index in [0.29, 0.717) is 6.42 Å². The molecule has 0 aliphatic rings. The van der Waals surface area contributed by atoms with Gasteiger partial charge in [0.2, 0.25) is 0 Å². The lowest BCUT2D eigenvalue weighted by atomic mass is 10.0. The first-order chi connectivity index (χ1) is 9.03. The lowest BCUT2D eigenvalue weighted by Gasteiger charge is -2.14. The molecule has 2 aromatic carbocycles. The highest BCUT2D eigenvalue weighted by Crippen LogP contribution is 2.24. The van der Waals surface area contributed by atoms with Crippen molar-refractivity contribution < 1.29 is 8.42 Å². The molecule has 3 nitrogen and oxygen atoms in total. The van der Waals surface area contributed by atoms with Gasteiger partial charge in [0.1, 0.15) is 0 Å². The van der Waals surface area contributed by atoms with Crippen molar-refractivity contribution in [3.8, 4) is 0 Å². The van der Waals surface area contributed by atoms with Gasteiger partial charge in [-0.2, -0.15) is 0 Å². The van der Waals surface area contributed by atoms with Crippen molar-refractivity contribution in [2.75, 3.05) is 11.5 Å². The molecule has 1 atom stereocenters. The molecule has 2 rings (SSSR count). The maximum atomic E-state index is 11.9. The molecule has 0 radical (unpaired) electrons. The number of benzene rings is 2. The summed E-state index contributed by atoms with van der Waals surface area (Å²) in [6.45, 7) is 1.86. The number of fused-ring (bicyclic) bond motifs is 1.